The van der Waals surface area contributed by atoms with Crippen molar-refractivity contribution in [2.24, 2.45) is 5.92 Å². The number of nitrogens with one attached hydrogen (secondary N) is 2. The lowest BCUT2D eigenvalue weighted by molar-refractivity contribution is 0.554. The van der Waals surface area contributed by atoms with Gasteiger partial charge in [0.05, 0.1) is 0 Å². The third-order valence-electron chi connectivity index (χ3n) is 3.92. The van der Waals surface area contributed by atoms with E-state index in [2.05, 4.69) is 22.2 Å². The van der Waals surface area contributed by atoms with Gasteiger partial charge in [0.1, 0.15) is 11.6 Å². The van der Waals surface area contributed by atoms with Crippen LogP contribution in [0.3, 0.4) is 0 Å². The summed E-state index contributed by atoms with van der Waals surface area (Å²) in [7, 11) is 0. The fourth-order valence-corrected chi connectivity index (χ4v) is 2.65. The lowest BCUT2D eigenvalue weighted by Crippen LogP contribution is -2.24. The van der Waals surface area contributed by atoms with Crippen molar-refractivity contribution in [2.75, 3.05) is 5.32 Å². The second-order valence-corrected chi connectivity index (χ2v) is 5.45. The number of aromatic nitrogens is 2. The molecule has 1 aromatic rings. The molecule has 0 spiro atoms. The standard InChI is InChI=1S/C13H19N3O/c1-8-3-2-4-10(8)14-11-7-12(17)16-13(15-11)9-5-6-9/h7-10H,2-6H2,1H3,(H2,14,15,16,17). The van der Waals surface area contributed by atoms with Crippen molar-refractivity contribution in [3.05, 3.63) is 22.2 Å². The maximum absolute atomic E-state index is 11.6. The van der Waals surface area contributed by atoms with Crippen LogP contribution in [0.2, 0.25) is 0 Å². The highest BCUT2D eigenvalue weighted by atomic mass is 16.1. The van der Waals surface area contributed by atoms with Gasteiger partial charge in [-0.05, 0) is 31.6 Å². The first-order chi connectivity index (χ1) is 8.22. The number of H-pyrrole nitrogens is 1. The van der Waals surface area contributed by atoms with Gasteiger partial charge in [0, 0.05) is 18.0 Å². The molecule has 2 aliphatic carbocycles. The van der Waals surface area contributed by atoms with Gasteiger partial charge in [-0.3, -0.25) is 4.79 Å². The maximum atomic E-state index is 11.6. The van der Waals surface area contributed by atoms with E-state index >= 15 is 0 Å². The van der Waals surface area contributed by atoms with E-state index in [1.807, 2.05) is 0 Å². The predicted octanol–water partition coefficient (Wildman–Crippen LogP) is 2.25. The Morgan fingerprint density at radius 2 is 2.18 bits per heavy atom. The lowest BCUT2D eigenvalue weighted by atomic mass is 10.1. The Kier molecular flexibility index (Phi) is 2.65. The van der Waals surface area contributed by atoms with Gasteiger partial charge in [0.2, 0.25) is 0 Å². The van der Waals surface area contributed by atoms with Crippen LogP contribution in [0.5, 0.6) is 0 Å². The Bertz CT molecular complexity index is 464. The highest BCUT2D eigenvalue weighted by molar-refractivity contribution is 5.35. The van der Waals surface area contributed by atoms with E-state index in [1.165, 1.54) is 19.3 Å². The van der Waals surface area contributed by atoms with Crippen molar-refractivity contribution in [3.8, 4) is 0 Å². The van der Waals surface area contributed by atoms with E-state index in [0.717, 1.165) is 24.5 Å². The second kappa shape index (κ2) is 4.17. The van der Waals surface area contributed by atoms with Crippen LogP contribution in [0, 0.1) is 5.92 Å². The van der Waals surface area contributed by atoms with Crippen molar-refractivity contribution in [3.63, 3.8) is 0 Å². The van der Waals surface area contributed by atoms with Crippen molar-refractivity contribution in [1.29, 1.82) is 0 Å². The second-order valence-electron chi connectivity index (χ2n) is 5.45. The van der Waals surface area contributed by atoms with Crippen molar-refractivity contribution in [2.45, 2.75) is 51.0 Å². The molecule has 2 N–H and O–H groups in total. The highest BCUT2D eigenvalue weighted by Crippen LogP contribution is 2.38. The van der Waals surface area contributed by atoms with E-state index in [1.54, 1.807) is 6.07 Å². The van der Waals surface area contributed by atoms with Crippen LogP contribution in [0.25, 0.3) is 0 Å². The molecule has 2 unspecified atom stereocenters. The summed E-state index contributed by atoms with van der Waals surface area (Å²) in [5, 5.41) is 3.42. The third-order valence-corrected chi connectivity index (χ3v) is 3.92. The first-order valence-corrected chi connectivity index (χ1v) is 6.60. The van der Waals surface area contributed by atoms with Crippen LogP contribution in [-0.4, -0.2) is 16.0 Å². The fourth-order valence-electron chi connectivity index (χ4n) is 2.65. The van der Waals surface area contributed by atoms with Crippen LogP contribution in [0.1, 0.15) is 50.8 Å². The van der Waals surface area contributed by atoms with E-state index in [0.29, 0.717) is 17.9 Å². The molecular formula is C13H19N3O. The first-order valence-electron chi connectivity index (χ1n) is 6.60. The molecule has 1 heterocycles. The molecule has 2 atom stereocenters. The van der Waals surface area contributed by atoms with E-state index in [-0.39, 0.29) is 5.56 Å². The van der Waals surface area contributed by atoms with Crippen LogP contribution in [-0.2, 0) is 0 Å². The molecule has 0 radical (unpaired) electrons. The van der Waals surface area contributed by atoms with E-state index < -0.39 is 0 Å². The van der Waals surface area contributed by atoms with Gasteiger partial charge < -0.3 is 10.3 Å². The summed E-state index contributed by atoms with van der Waals surface area (Å²) >= 11 is 0. The molecule has 0 amide bonds. The monoisotopic (exact) mass is 233 g/mol. The molecular weight excluding hydrogens is 214 g/mol. The summed E-state index contributed by atoms with van der Waals surface area (Å²) in [6.07, 6.45) is 6.06. The van der Waals surface area contributed by atoms with E-state index in [9.17, 15) is 4.79 Å². The summed E-state index contributed by atoms with van der Waals surface area (Å²) < 4.78 is 0. The molecule has 2 aliphatic rings. The fraction of sp³-hybridized carbons (Fsp3) is 0.692. The zero-order valence-electron chi connectivity index (χ0n) is 10.2. The third kappa shape index (κ3) is 2.35. The average Bonchev–Trinajstić information content (AvgIpc) is 3.05. The Morgan fingerprint density at radius 1 is 1.35 bits per heavy atom. The van der Waals surface area contributed by atoms with E-state index in [4.69, 9.17) is 0 Å². The Morgan fingerprint density at radius 3 is 2.82 bits per heavy atom. The number of rotatable bonds is 3. The van der Waals surface area contributed by atoms with Crippen molar-refractivity contribution in [1.82, 2.24) is 9.97 Å². The normalized spacial score (nSPS) is 28.3. The summed E-state index contributed by atoms with van der Waals surface area (Å²) in [4.78, 5) is 18.9. The zero-order valence-corrected chi connectivity index (χ0v) is 10.2. The van der Waals surface area contributed by atoms with Crippen molar-refractivity contribution >= 4 is 5.82 Å². The number of nitrogens with zero attached hydrogens (tertiary/aromatic N) is 1. The van der Waals surface area contributed by atoms with Gasteiger partial charge in [-0.2, -0.15) is 0 Å². The Hall–Kier alpha value is -1.32. The smallest absolute Gasteiger partial charge is 0.252 e. The van der Waals surface area contributed by atoms with Gasteiger partial charge in [-0.15, -0.1) is 0 Å². The Labute approximate surface area is 101 Å². The molecule has 2 fully saturated rings. The molecule has 17 heavy (non-hydrogen) atoms. The predicted molar refractivity (Wildman–Crippen MR) is 67.3 cm³/mol. The molecule has 0 saturated heterocycles. The molecule has 3 rings (SSSR count). The number of hydrogen-bond acceptors (Lipinski definition) is 3. The molecule has 4 heteroatoms. The maximum Gasteiger partial charge on any atom is 0.252 e. The van der Waals surface area contributed by atoms with Gasteiger partial charge in [0.15, 0.2) is 0 Å². The molecule has 2 saturated carbocycles. The van der Waals surface area contributed by atoms with Crippen LogP contribution in [0.15, 0.2) is 10.9 Å². The highest BCUT2D eigenvalue weighted by Gasteiger charge is 2.27. The number of hydrogen-bond donors (Lipinski definition) is 2. The molecule has 1 aromatic heterocycles. The molecule has 4 nitrogen and oxygen atoms in total. The zero-order chi connectivity index (χ0) is 11.8. The lowest BCUT2D eigenvalue weighted by Gasteiger charge is -2.18. The van der Waals surface area contributed by atoms with Crippen LogP contribution >= 0.6 is 0 Å². The van der Waals surface area contributed by atoms with Crippen LogP contribution < -0.4 is 10.9 Å². The summed E-state index contributed by atoms with van der Waals surface area (Å²) in [5.41, 5.74) is -0.0324. The summed E-state index contributed by atoms with van der Waals surface area (Å²) in [6.45, 7) is 2.26. The average molecular weight is 233 g/mol. The topological polar surface area (TPSA) is 57.8 Å². The van der Waals surface area contributed by atoms with Gasteiger partial charge in [0.25, 0.3) is 5.56 Å². The number of anilines is 1. The number of aromatic amines is 1. The quantitative estimate of drug-likeness (QED) is 0.841. The SMILES string of the molecule is CC1CCCC1Nc1cc(=O)[nH]c(C2CC2)n1. The van der Waals surface area contributed by atoms with Crippen LogP contribution in [0.4, 0.5) is 5.82 Å². The molecule has 0 aliphatic heterocycles. The van der Waals surface area contributed by atoms with Crippen molar-refractivity contribution < 1.29 is 0 Å². The minimum absolute atomic E-state index is 0.0324. The van der Waals surface area contributed by atoms with Gasteiger partial charge >= 0.3 is 0 Å². The molecule has 92 valence electrons. The summed E-state index contributed by atoms with van der Waals surface area (Å²) in [5.74, 6) is 2.80. The first kappa shape index (κ1) is 10.8. The molecule has 0 aromatic carbocycles. The van der Waals surface area contributed by atoms with Gasteiger partial charge in [-0.25, -0.2) is 4.98 Å². The largest absolute Gasteiger partial charge is 0.367 e. The Balaban J connectivity index is 1.79. The summed E-state index contributed by atoms with van der Waals surface area (Å²) in [6, 6.07) is 2.06. The van der Waals surface area contributed by atoms with Gasteiger partial charge in [-0.1, -0.05) is 13.3 Å². The minimum atomic E-state index is -0.0324. The molecule has 0 bridgehead atoms. The minimum Gasteiger partial charge on any atom is -0.367 e.